The molecule has 0 unspecified atom stereocenters. The maximum Gasteiger partial charge on any atom is 0.417 e. The van der Waals surface area contributed by atoms with E-state index in [1.165, 1.54) is 23.1 Å². The van der Waals surface area contributed by atoms with E-state index in [9.17, 15) is 18.0 Å². The number of nitrogens with zero attached hydrogens (tertiary/aromatic N) is 5. The van der Waals surface area contributed by atoms with E-state index >= 15 is 0 Å². The number of piperidine rings is 1. The monoisotopic (exact) mass is 417 g/mol. The molecular formula is C20H18F3N5O2. The third kappa shape index (κ3) is 4.27. The Morgan fingerprint density at radius 3 is 2.43 bits per heavy atom. The van der Waals surface area contributed by atoms with Crippen LogP contribution >= 0.6 is 0 Å². The molecule has 0 spiro atoms. The number of halogens is 3. The molecule has 0 N–H and O–H groups in total. The van der Waals surface area contributed by atoms with Gasteiger partial charge in [0.15, 0.2) is 5.82 Å². The summed E-state index contributed by atoms with van der Waals surface area (Å²) in [5.41, 5.74) is -1.25. The number of aromatic nitrogens is 4. The third-order valence-electron chi connectivity index (χ3n) is 4.84. The summed E-state index contributed by atoms with van der Waals surface area (Å²) < 4.78 is 47.0. The molecule has 1 saturated heterocycles. The van der Waals surface area contributed by atoms with Gasteiger partial charge in [0.05, 0.1) is 11.1 Å². The van der Waals surface area contributed by atoms with Crippen molar-refractivity contribution in [2.24, 2.45) is 0 Å². The van der Waals surface area contributed by atoms with E-state index in [-0.39, 0.29) is 11.7 Å². The highest BCUT2D eigenvalue weighted by Crippen LogP contribution is 2.32. The van der Waals surface area contributed by atoms with Crippen molar-refractivity contribution < 1.29 is 22.7 Å². The van der Waals surface area contributed by atoms with Crippen molar-refractivity contribution in [3.63, 3.8) is 0 Å². The largest absolute Gasteiger partial charge is 0.473 e. The molecule has 0 aliphatic carbocycles. The molecule has 156 valence electrons. The molecule has 1 aromatic carbocycles. The van der Waals surface area contributed by atoms with Crippen LogP contribution in [-0.2, 0) is 6.18 Å². The number of hydrogen-bond donors (Lipinski definition) is 0. The molecule has 0 saturated carbocycles. The molecule has 1 aliphatic rings. The van der Waals surface area contributed by atoms with E-state index in [4.69, 9.17) is 4.74 Å². The average molecular weight is 417 g/mol. The van der Waals surface area contributed by atoms with Gasteiger partial charge in [-0.15, -0.1) is 10.2 Å². The van der Waals surface area contributed by atoms with Crippen LogP contribution in [0.2, 0.25) is 0 Å². The Hall–Kier alpha value is -3.43. The van der Waals surface area contributed by atoms with Crippen LogP contribution in [-0.4, -0.2) is 50.0 Å². The zero-order valence-electron chi connectivity index (χ0n) is 15.8. The lowest BCUT2D eigenvalue weighted by atomic mass is 10.0. The van der Waals surface area contributed by atoms with Gasteiger partial charge in [-0.2, -0.15) is 18.3 Å². The van der Waals surface area contributed by atoms with Crippen molar-refractivity contribution in [1.82, 2.24) is 24.9 Å². The van der Waals surface area contributed by atoms with E-state index in [1.807, 2.05) is 0 Å². The van der Waals surface area contributed by atoms with Crippen LogP contribution in [0.1, 0.15) is 28.8 Å². The number of benzene rings is 1. The van der Waals surface area contributed by atoms with E-state index in [1.54, 1.807) is 35.3 Å². The SMILES string of the molecule is O=C(c1ccccc1C(F)(F)F)N1CCC(Oc2ccc(-n3cccn3)nn2)CC1. The van der Waals surface area contributed by atoms with E-state index in [0.29, 0.717) is 37.6 Å². The molecule has 4 rings (SSSR count). The minimum atomic E-state index is -4.57. The van der Waals surface area contributed by atoms with Crippen molar-refractivity contribution in [3.05, 3.63) is 66.0 Å². The van der Waals surface area contributed by atoms with Crippen LogP contribution in [0.5, 0.6) is 5.88 Å². The fourth-order valence-corrected chi connectivity index (χ4v) is 3.34. The van der Waals surface area contributed by atoms with Gasteiger partial charge in [-0.25, -0.2) is 4.68 Å². The predicted octanol–water partition coefficient (Wildman–Crippen LogP) is 3.36. The summed E-state index contributed by atoms with van der Waals surface area (Å²) >= 11 is 0. The first-order valence-corrected chi connectivity index (χ1v) is 9.38. The topological polar surface area (TPSA) is 73.1 Å². The molecule has 7 nitrogen and oxygen atoms in total. The van der Waals surface area contributed by atoms with Crippen molar-refractivity contribution in [3.8, 4) is 11.7 Å². The first kappa shape index (κ1) is 19.9. The Morgan fingerprint density at radius 2 is 1.80 bits per heavy atom. The Kier molecular flexibility index (Phi) is 5.39. The van der Waals surface area contributed by atoms with Crippen molar-refractivity contribution in [2.45, 2.75) is 25.1 Å². The maximum absolute atomic E-state index is 13.2. The molecule has 3 heterocycles. The van der Waals surface area contributed by atoms with Gasteiger partial charge in [-0.1, -0.05) is 12.1 Å². The van der Waals surface area contributed by atoms with E-state index in [2.05, 4.69) is 15.3 Å². The van der Waals surface area contributed by atoms with Gasteiger partial charge in [0.25, 0.3) is 5.91 Å². The van der Waals surface area contributed by atoms with E-state index < -0.39 is 17.6 Å². The molecule has 3 aromatic rings. The highest BCUT2D eigenvalue weighted by Gasteiger charge is 2.36. The number of rotatable bonds is 4. The molecule has 1 fully saturated rings. The smallest absolute Gasteiger partial charge is 0.417 e. The summed E-state index contributed by atoms with van der Waals surface area (Å²) in [5.74, 6) is 0.277. The van der Waals surface area contributed by atoms with Gasteiger partial charge in [-0.3, -0.25) is 4.79 Å². The second kappa shape index (κ2) is 8.13. The number of hydrogen-bond acceptors (Lipinski definition) is 5. The van der Waals surface area contributed by atoms with Crippen molar-refractivity contribution in [2.75, 3.05) is 13.1 Å². The Morgan fingerprint density at radius 1 is 1.03 bits per heavy atom. The number of carbonyl (C=O) groups excluding carboxylic acids is 1. The second-order valence-electron chi connectivity index (χ2n) is 6.83. The van der Waals surface area contributed by atoms with Crippen LogP contribution in [0.15, 0.2) is 54.9 Å². The molecule has 10 heteroatoms. The highest BCUT2D eigenvalue weighted by atomic mass is 19.4. The van der Waals surface area contributed by atoms with Gasteiger partial charge in [0.2, 0.25) is 5.88 Å². The van der Waals surface area contributed by atoms with Gasteiger partial charge in [0, 0.05) is 44.4 Å². The lowest BCUT2D eigenvalue weighted by Gasteiger charge is -2.32. The molecule has 0 atom stereocenters. The van der Waals surface area contributed by atoms with Gasteiger partial charge < -0.3 is 9.64 Å². The fourth-order valence-electron chi connectivity index (χ4n) is 3.34. The fraction of sp³-hybridized carbons (Fsp3) is 0.300. The minimum absolute atomic E-state index is 0.197. The maximum atomic E-state index is 13.2. The molecule has 2 aromatic heterocycles. The van der Waals surface area contributed by atoms with E-state index in [0.717, 1.165) is 6.07 Å². The van der Waals surface area contributed by atoms with Gasteiger partial charge in [0.1, 0.15) is 6.10 Å². The summed E-state index contributed by atoms with van der Waals surface area (Å²) in [6, 6.07) is 10.0. The summed E-state index contributed by atoms with van der Waals surface area (Å²) in [6.07, 6.45) is -0.417. The minimum Gasteiger partial charge on any atom is -0.473 e. The average Bonchev–Trinajstić information content (AvgIpc) is 3.29. The number of ether oxygens (including phenoxy) is 1. The second-order valence-corrected chi connectivity index (χ2v) is 6.83. The normalized spacial score (nSPS) is 15.2. The molecule has 1 aliphatic heterocycles. The van der Waals surface area contributed by atoms with Gasteiger partial charge in [-0.05, 0) is 24.3 Å². The third-order valence-corrected chi connectivity index (χ3v) is 4.84. The summed E-state index contributed by atoms with van der Waals surface area (Å²) in [6.45, 7) is 0.600. The van der Waals surface area contributed by atoms with Crippen LogP contribution < -0.4 is 4.74 Å². The first-order chi connectivity index (χ1) is 14.4. The highest BCUT2D eigenvalue weighted by molar-refractivity contribution is 5.96. The summed E-state index contributed by atoms with van der Waals surface area (Å²) in [7, 11) is 0. The van der Waals surface area contributed by atoms with Gasteiger partial charge >= 0.3 is 6.18 Å². The summed E-state index contributed by atoms with van der Waals surface area (Å²) in [4.78, 5) is 14.1. The molecular weight excluding hydrogens is 399 g/mol. The van der Waals surface area contributed by atoms with Crippen LogP contribution in [0, 0.1) is 0 Å². The Balaban J connectivity index is 1.36. The Labute approximate surface area is 170 Å². The Bertz CT molecular complexity index is 998. The quantitative estimate of drug-likeness (QED) is 0.651. The number of carbonyl (C=O) groups is 1. The van der Waals surface area contributed by atoms with Crippen LogP contribution in [0.4, 0.5) is 13.2 Å². The zero-order chi connectivity index (χ0) is 21.1. The summed E-state index contributed by atoms with van der Waals surface area (Å²) in [5, 5.41) is 12.2. The lowest BCUT2D eigenvalue weighted by molar-refractivity contribution is -0.138. The number of alkyl halides is 3. The molecule has 0 radical (unpaired) electrons. The lowest BCUT2D eigenvalue weighted by Crippen LogP contribution is -2.42. The van der Waals surface area contributed by atoms with Crippen molar-refractivity contribution in [1.29, 1.82) is 0 Å². The molecule has 30 heavy (non-hydrogen) atoms. The number of amides is 1. The zero-order valence-corrected chi connectivity index (χ0v) is 15.8. The first-order valence-electron chi connectivity index (χ1n) is 9.38. The molecule has 0 bridgehead atoms. The number of likely N-dealkylation sites (tertiary alicyclic amines) is 1. The van der Waals surface area contributed by atoms with Crippen LogP contribution in [0.3, 0.4) is 0 Å². The standard InChI is InChI=1S/C20H18F3N5O2/c21-20(22,23)16-5-2-1-4-15(16)19(29)27-12-8-14(9-13-27)30-18-7-6-17(25-26-18)28-11-3-10-24-28/h1-7,10-11,14H,8-9,12-13H2. The van der Waals surface area contributed by atoms with Crippen molar-refractivity contribution >= 4 is 5.91 Å². The molecule has 1 amide bonds. The van der Waals surface area contributed by atoms with Crippen LogP contribution in [0.25, 0.3) is 5.82 Å². The predicted molar refractivity (Wildman–Crippen MR) is 100 cm³/mol.